The molecule has 1 aliphatic heterocycles. The van der Waals surface area contributed by atoms with Crippen LogP contribution < -0.4 is 15.4 Å². The monoisotopic (exact) mass is 290 g/mol. The molecule has 0 radical (unpaired) electrons. The average molecular weight is 290 g/mol. The highest BCUT2D eigenvalue weighted by Crippen LogP contribution is 2.34. The van der Waals surface area contributed by atoms with Gasteiger partial charge in [-0.25, -0.2) is 8.78 Å². The third-order valence-electron chi connectivity index (χ3n) is 3.25. The Labute approximate surface area is 119 Å². The van der Waals surface area contributed by atoms with Gasteiger partial charge in [-0.05, 0) is 29.8 Å². The molecule has 2 N–H and O–H groups in total. The van der Waals surface area contributed by atoms with Gasteiger partial charge in [0.25, 0.3) is 5.91 Å². The van der Waals surface area contributed by atoms with Crippen molar-refractivity contribution in [2.75, 3.05) is 17.2 Å². The first-order valence-electron chi connectivity index (χ1n) is 6.31. The molecule has 1 heterocycles. The van der Waals surface area contributed by atoms with Gasteiger partial charge in [0.1, 0.15) is 5.75 Å². The lowest BCUT2D eigenvalue weighted by Crippen LogP contribution is -2.38. The fourth-order valence-electron chi connectivity index (χ4n) is 2.21. The number of carbonyl (C=O) groups is 1. The minimum Gasteiger partial charge on any atom is -0.481 e. The van der Waals surface area contributed by atoms with Gasteiger partial charge in [-0.15, -0.1) is 0 Å². The number of carbonyl (C=O) groups excluding carboxylic acids is 1. The molecule has 1 aliphatic rings. The number of benzene rings is 2. The van der Waals surface area contributed by atoms with E-state index < -0.39 is 11.6 Å². The molecular formula is C15H12F2N2O2. The van der Waals surface area contributed by atoms with E-state index in [-0.39, 0.29) is 19.1 Å². The van der Waals surface area contributed by atoms with E-state index in [1.54, 1.807) is 18.2 Å². The second kappa shape index (κ2) is 5.05. The third kappa shape index (κ3) is 2.52. The number of hydrogen-bond acceptors (Lipinski definition) is 3. The van der Waals surface area contributed by atoms with Gasteiger partial charge in [-0.1, -0.05) is 6.07 Å². The first-order chi connectivity index (χ1) is 10.0. The third-order valence-corrected chi connectivity index (χ3v) is 3.25. The van der Waals surface area contributed by atoms with Crippen molar-refractivity contribution >= 4 is 17.3 Å². The van der Waals surface area contributed by atoms with Gasteiger partial charge in [0, 0.05) is 11.8 Å². The predicted molar refractivity (Wildman–Crippen MR) is 73.9 cm³/mol. The number of hydrogen-bond donors (Lipinski definition) is 1. The topological polar surface area (TPSA) is 55.6 Å². The van der Waals surface area contributed by atoms with Gasteiger partial charge in [0.2, 0.25) is 0 Å². The summed E-state index contributed by atoms with van der Waals surface area (Å²) in [6, 6.07) is 8.51. The lowest BCUT2D eigenvalue weighted by atomic mass is 10.1. The summed E-state index contributed by atoms with van der Waals surface area (Å²) in [5, 5.41) is 0. The second-order valence-electron chi connectivity index (χ2n) is 4.74. The molecule has 0 unspecified atom stereocenters. The molecular weight excluding hydrogens is 278 g/mol. The summed E-state index contributed by atoms with van der Waals surface area (Å²) in [4.78, 5) is 13.5. The molecule has 6 heteroatoms. The lowest BCUT2D eigenvalue weighted by molar-refractivity contribution is -0.121. The van der Waals surface area contributed by atoms with Crippen LogP contribution in [0.15, 0.2) is 36.4 Å². The minimum atomic E-state index is -0.939. The van der Waals surface area contributed by atoms with E-state index in [0.717, 1.165) is 12.1 Å². The highest BCUT2D eigenvalue weighted by Gasteiger charge is 2.25. The van der Waals surface area contributed by atoms with E-state index in [9.17, 15) is 13.6 Å². The molecule has 21 heavy (non-hydrogen) atoms. The Balaban J connectivity index is 1.94. The molecule has 2 aromatic carbocycles. The van der Waals surface area contributed by atoms with Gasteiger partial charge in [0.05, 0.1) is 12.2 Å². The first-order valence-corrected chi connectivity index (χ1v) is 6.31. The number of halogens is 2. The molecule has 108 valence electrons. The zero-order valence-electron chi connectivity index (χ0n) is 11.0. The molecule has 2 aromatic rings. The van der Waals surface area contributed by atoms with Crippen LogP contribution in [0.3, 0.4) is 0 Å². The van der Waals surface area contributed by atoms with Crippen molar-refractivity contribution in [2.45, 2.75) is 6.54 Å². The van der Waals surface area contributed by atoms with E-state index in [0.29, 0.717) is 22.7 Å². The van der Waals surface area contributed by atoms with Crippen LogP contribution in [-0.2, 0) is 11.3 Å². The summed E-state index contributed by atoms with van der Waals surface area (Å²) >= 11 is 0. The lowest BCUT2D eigenvalue weighted by Gasteiger charge is -2.29. The number of rotatable bonds is 2. The zero-order chi connectivity index (χ0) is 15.0. The number of nitrogen functional groups attached to an aromatic ring is 1. The average Bonchev–Trinajstić information content (AvgIpc) is 2.46. The van der Waals surface area contributed by atoms with E-state index in [1.165, 1.54) is 11.0 Å². The van der Waals surface area contributed by atoms with Gasteiger partial charge in [-0.3, -0.25) is 4.79 Å². The summed E-state index contributed by atoms with van der Waals surface area (Å²) in [6.07, 6.45) is 0. The molecule has 0 saturated carbocycles. The SMILES string of the molecule is Nc1ccc2c(c1)OCC(=O)N2Cc1ccc(F)c(F)c1. The fourth-order valence-corrected chi connectivity index (χ4v) is 2.21. The van der Waals surface area contributed by atoms with Crippen molar-refractivity contribution in [3.05, 3.63) is 53.6 Å². The Kier molecular flexibility index (Phi) is 3.21. The number of amides is 1. The van der Waals surface area contributed by atoms with Crippen LogP contribution in [0.25, 0.3) is 0 Å². The van der Waals surface area contributed by atoms with Gasteiger partial charge < -0.3 is 15.4 Å². The van der Waals surface area contributed by atoms with Crippen LogP contribution in [0.5, 0.6) is 5.75 Å². The molecule has 0 aliphatic carbocycles. The Morgan fingerprint density at radius 3 is 2.71 bits per heavy atom. The smallest absolute Gasteiger partial charge is 0.265 e. The maximum atomic E-state index is 13.3. The van der Waals surface area contributed by atoms with Gasteiger partial charge in [-0.2, -0.15) is 0 Å². The van der Waals surface area contributed by atoms with Crippen LogP contribution in [0, 0.1) is 11.6 Å². The number of anilines is 2. The normalized spacial score (nSPS) is 13.8. The Bertz CT molecular complexity index is 719. The predicted octanol–water partition coefficient (Wildman–Crippen LogP) is 2.47. The van der Waals surface area contributed by atoms with Crippen molar-refractivity contribution in [1.29, 1.82) is 0 Å². The first kappa shape index (κ1) is 13.4. The molecule has 3 rings (SSSR count). The molecule has 0 spiro atoms. The van der Waals surface area contributed by atoms with Crippen molar-refractivity contribution < 1.29 is 18.3 Å². The van der Waals surface area contributed by atoms with Crippen LogP contribution in [0.4, 0.5) is 20.2 Å². The van der Waals surface area contributed by atoms with Crippen LogP contribution in [-0.4, -0.2) is 12.5 Å². The molecule has 0 fully saturated rings. The Morgan fingerprint density at radius 2 is 1.95 bits per heavy atom. The van der Waals surface area contributed by atoms with E-state index in [4.69, 9.17) is 10.5 Å². The van der Waals surface area contributed by atoms with Crippen molar-refractivity contribution in [3.63, 3.8) is 0 Å². The second-order valence-corrected chi connectivity index (χ2v) is 4.74. The molecule has 0 atom stereocenters. The zero-order valence-corrected chi connectivity index (χ0v) is 11.0. The van der Waals surface area contributed by atoms with Crippen LogP contribution in [0.2, 0.25) is 0 Å². The van der Waals surface area contributed by atoms with E-state index in [1.807, 2.05) is 0 Å². The van der Waals surface area contributed by atoms with Gasteiger partial charge >= 0.3 is 0 Å². The molecule has 1 amide bonds. The molecule has 4 nitrogen and oxygen atoms in total. The summed E-state index contributed by atoms with van der Waals surface area (Å²) < 4.78 is 31.5. The van der Waals surface area contributed by atoms with Gasteiger partial charge in [0.15, 0.2) is 18.2 Å². The fraction of sp³-hybridized carbons (Fsp3) is 0.133. The van der Waals surface area contributed by atoms with Crippen molar-refractivity contribution in [1.82, 2.24) is 0 Å². The number of ether oxygens (including phenoxy) is 1. The number of nitrogens with zero attached hydrogens (tertiary/aromatic N) is 1. The highest BCUT2D eigenvalue weighted by molar-refractivity contribution is 5.98. The number of fused-ring (bicyclic) bond motifs is 1. The van der Waals surface area contributed by atoms with E-state index >= 15 is 0 Å². The highest BCUT2D eigenvalue weighted by atomic mass is 19.2. The number of nitrogens with two attached hydrogens (primary N) is 1. The maximum absolute atomic E-state index is 13.3. The summed E-state index contributed by atoms with van der Waals surface area (Å²) in [7, 11) is 0. The van der Waals surface area contributed by atoms with E-state index in [2.05, 4.69) is 0 Å². The minimum absolute atomic E-state index is 0.111. The van der Waals surface area contributed by atoms with Crippen LogP contribution >= 0.6 is 0 Å². The summed E-state index contributed by atoms with van der Waals surface area (Å²) in [6.45, 7) is 0.0242. The van der Waals surface area contributed by atoms with Crippen molar-refractivity contribution in [2.24, 2.45) is 0 Å². The molecule has 0 aromatic heterocycles. The quantitative estimate of drug-likeness (QED) is 0.864. The molecule has 0 saturated heterocycles. The standard InChI is InChI=1S/C15H12F2N2O2/c16-11-3-1-9(5-12(11)17)7-19-13-4-2-10(18)6-14(13)21-8-15(19)20/h1-6H,7-8,18H2. The largest absolute Gasteiger partial charge is 0.481 e. The maximum Gasteiger partial charge on any atom is 0.265 e. The Hall–Kier alpha value is -2.63. The summed E-state index contributed by atoms with van der Waals surface area (Å²) in [5.41, 5.74) is 7.25. The van der Waals surface area contributed by atoms with Crippen LogP contribution in [0.1, 0.15) is 5.56 Å². The molecule has 0 bridgehead atoms. The van der Waals surface area contributed by atoms with Crippen molar-refractivity contribution in [3.8, 4) is 5.75 Å². The summed E-state index contributed by atoms with van der Waals surface area (Å²) in [5.74, 6) is -1.61. The Morgan fingerprint density at radius 1 is 1.14 bits per heavy atom.